The Labute approximate surface area is 121 Å². The van der Waals surface area contributed by atoms with Crippen LogP contribution >= 0.6 is 0 Å². The molecule has 7 heteroatoms. The van der Waals surface area contributed by atoms with Crippen molar-refractivity contribution in [2.75, 3.05) is 6.61 Å². The van der Waals surface area contributed by atoms with Crippen LogP contribution in [0.3, 0.4) is 0 Å². The maximum atomic E-state index is 11.9. The van der Waals surface area contributed by atoms with Crippen molar-refractivity contribution in [3.8, 4) is 0 Å². The van der Waals surface area contributed by atoms with E-state index in [1.54, 1.807) is 20.8 Å². The van der Waals surface area contributed by atoms with Crippen molar-refractivity contribution in [1.29, 1.82) is 0 Å². The molecular weight excluding hydrogens is 278 g/mol. The molecule has 0 saturated carbocycles. The van der Waals surface area contributed by atoms with E-state index in [-0.39, 0.29) is 23.4 Å². The third-order valence-electron chi connectivity index (χ3n) is 2.92. The lowest BCUT2D eigenvalue weighted by atomic mass is 9.95. The Bertz CT molecular complexity index is 633. The molecule has 21 heavy (non-hydrogen) atoms. The summed E-state index contributed by atoms with van der Waals surface area (Å²) in [6.07, 6.45) is 0.698. The van der Waals surface area contributed by atoms with Gasteiger partial charge >= 0.3 is 11.9 Å². The second kappa shape index (κ2) is 6.65. The van der Waals surface area contributed by atoms with E-state index in [2.05, 4.69) is 0 Å². The normalized spacial score (nSPS) is 11.1. The largest absolute Gasteiger partial charge is 0.478 e. The van der Waals surface area contributed by atoms with Crippen LogP contribution in [-0.4, -0.2) is 28.6 Å². The highest BCUT2D eigenvalue weighted by Crippen LogP contribution is 2.28. The van der Waals surface area contributed by atoms with Gasteiger partial charge in [-0.2, -0.15) is 0 Å². The molecule has 0 saturated heterocycles. The standard InChI is InChI=1S/C14H15NO6/c1-4-21-14(18)12(7-13(16)17)11-6-10(15(19)20)5-8(2)9(11)3/h5-7H,4H2,1-3H3,(H,16,17)/b12-7-. The monoisotopic (exact) mass is 293 g/mol. The summed E-state index contributed by atoms with van der Waals surface area (Å²) >= 11 is 0. The fourth-order valence-electron chi connectivity index (χ4n) is 1.80. The molecule has 0 aliphatic rings. The first kappa shape index (κ1) is 16.4. The lowest BCUT2D eigenvalue weighted by Gasteiger charge is -2.11. The third kappa shape index (κ3) is 3.88. The number of benzene rings is 1. The number of nitro groups is 1. The summed E-state index contributed by atoms with van der Waals surface area (Å²) in [6.45, 7) is 4.96. The smallest absolute Gasteiger partial charge is 0.339 e. The summed E-state index contributed by atoms with van der Waals surface area (Å²) in [7, 11) is 0. The van der Waals surface area contributed by atoms with Gasteiger partial charge in [-0.05, 0) is 37.5 Å². The van der Waals surface area contributed by atoms with E-state index >= 15 is 0 Å². The number of aliphatic carboxylic acids is 1. The van der Waals surface area contributed by atoms with Gasteiger partial charge in [0.1, 0.15) is 0 Å². The van der Waals surface area contributed by atoms with Crippen molar-refractivity contribution in [3.05, 3.63) is 45.0 Å². The molecule has 0 radical (unpaired) electrons. The molecule has 0 heterocycles. The topological polar surface area (TPSA) is 107 Å². The van der Waals surface area contributed by atoms with Gasteiger partial charge < -0.3 is 9.84 Å². The molecule has 0 aliphatic carbocycles. The molecular formula is C14H15NO6. The van der Waals surface area contributed by atoms with Crippen molar-refractivity contribution in [2.45, 2.75) is 20.8 Å². The summed E-state index contributed by atoms with van der Waals surface area (Å²) in [5.41, 5.74) is 0.922. The lowest BCUT2D eigenvalue weighted by Crippen LogP contribution is -2.10. The zero-order chi connectivity index (χ0) is 16.2. The molecule has 0 aromatic heterocycles. The SMILES string of the molecule is CCOC(=O)/C(=C\C(=O)O)c1cc([N+](=O)[O-])cc(C)c1C. The zero-order valence-corrected chi connectivity index (χ0v) is 11.9. The maximum absolute atomic E-state index is 11.9. The second-order valence-corrected chi connectivity index (χ2v) is 4.31. The number of carboxylic acid groups (broad SMARTS) is 1. The van der Waals surface area contributed by atoms with Crippen molar-refractivity contribution in [2.24, 2.45) is 0 Å². The highest BCUT2D eigenvalue weighted by atomic mass is 16.6. The van der Waals surface area contributed by atoms with Crippen LogP contribution in [0.15, 0.2) is 18.2 Å². The van der Waals surface area contributed by atoms with E-state index in [9.17, 15) is 19.7 Å². The molecule has 0 unspecified atom stereocenters. The summed E-state index contributed by atoms with van der Waals surface area (Å²) < 4.78 is 4.81. The van der Waals surface area contributed by atoms with Gasteiger partial charge in [0.25, 0.3) is 5.69 Å². The van der Waals surface area contributed by atoms with Gasteiger partial charge in [-0.15, -0.1) is 0 Å². The number of ether oxygens (including phenoxy) is 1. The number of esters is 1. The Hall–Kier alpha value is -2.70. The first-order chi connectivity index (χ1) is 9.77. The fraction of sp³-hybridized carbons (Fsp3) is 0.286. The van der Waals surface area contributed by atoms with E-state index in [4.69, 9.17) is 9.84 Å². The van der Waals surface area contributed by atoms with Gasteiger partial charge in [-0.25, -0.2) is 9.59 Å². The summed E-state index contributed by atoms with van der Waals surface area (Å²) in [5.74, 6) is -2.16. The van der Waals surface area contributed by atoms with E-state index < -0.39 is 16.9 Å². The minimum absolute atomic E-state index is 0.0722. The van der Waals surface area contributed by atoms with Crippen LogP contribution in [-0.2, 0) is 14.3 Å². The van der Waals surface area contributed by atoms with Crippen molar-refractivity contribution >= 4 is 23.2 Å². The van der Waals surface area contributed by atoms with E-state index in [1.807, 2.05) is 0 Å². The van der Waals surface area contributed by atoms with Crippen LogP contribution in [0.5, 0.6) is 0 Å². The minimum Gasteiger partial charge on any atom is -0.478 e. The van der Waals surface area contributed by atoms with E-state index in [0.717, 1.165) is 0 Å². The molecule has 1 rings (SSSR count). The molecule has 0 atom stereocenters. The van der Waals surface area contributed by atoms with Gasteiger partial charge in [0.05, 0.1) is 17.1 Å². The van der Waals surface area contributed by atoms with Gasteiger partial charge in [0.15, 0.2) is 0 Å². The van der Waals surface area contributed by atoms with Crippen molar-refractivity contribution in [3.63, 3.8) is 0 Å². The predicted molar refractivity (Wildman–Crippen MR) is 74.8 cm³/mol. The van der Waals surface area contributed by atoms with Crippen molar-refractivity contribution < 1.29 is 24.4 Å². The molecule has 1 aromatic carbocycles. The number of aryl methyl sites for hydroxylation is 1. The Morgan fingerprint density at radius 3 is 2.48 bits per heavy atom. The number of hydrogen-bond donors (Lipinski definition) is 1. The number of nitro benzene ring substituents is 1. The number of carboxylic acids is 1. The Morgan fingerprint density at radius 2 is 2.00 bits per heavy atom. The highest BCUT2D eigenvalue weighted by molar-refractivity contribution is 6.20. The average Bonchev–Trinajstić information content (AvgIpc) is 2.39. The highest BCUT2D eigenvalue weighted by Gasteiger charge is 2.21. The summed E-state index contributed by atoms with van der Waals surface area (Å²) in [6, 6.07) is 2.54. The molecule has 7 nitrogen and oxygen atoms in total. The lowest BCUT2D eigenvalue weighted by molar-refractivity contribution is -0.384. The minimum atomic E-state index is -1.33. The Balaban J connectivity index is 3.54. The molecule has 0 amide bonds. The fourth-order valence-corrected chi connectivity index (χ4v) is 1.80. The molecule has 0 fully saturated rings. The molecule has 112 valence electrons. The maximum Gasteiger partial charge on any atom is 0.339 e. The number of rotatable bonds is 5. The number of non-ortho nitro benzene ring substituents is 1. The van der Waals surface area contributed by atoms with Gasteiger partial charge in [-0.1, -0.05) is 0 Å². The van der Waals surface area contributed by atoms with Crippen LogP contribution in [0, 0.1) is 24.0 Å². The quantitative estimate of drug-likeness (QED) is 0.386. The summed E-state index contributed by atoms with van der Waals surface area (Å²) in [4.78, 5) is 33.1. The molecule has 1 aromatic rings. The van der Waals surface area contributed by atoms with Crippen LogP contribution in [0.25, 0.3) is 5.57 Å². The molecule has 1 N–H and O–H groups in total. The van der Waals surface area contributed by atoms with Crippen LogP contribution < -0.4 is 0 Å². The molecule has 0 spiro atoms. The third-order valence-corrected chi connectivity index (χ3v) is 2.92. The Kier molecular flexibility index (Phi) is 5.18. The van der Waals surface area contributed by atoms with Gasteiger partial charge in [0.2, 0.25) is 0 Å². The zero-order valence-electron chi connectivity index (χ0n) is 11.9. The van der Waals surface area contributed by atoms with Crippen LogP contribution in [0.1, 0.15) is 23.6 Å². The van der Waals surface area contributed by atoms with Crippen LogP contribution in [0.4, 0.5) is 5.69 Å². The Morgan fingerprint density at radius 1 is 1.38 bits per heavy atom. The number of hydrogen-bond acceptors (Lipinski definition) is 5. The molecule has 0 aliphatic heterocycles. The van der Waals surface area contributed by atoms with E-state index in [0.29, 0.717) is 17.2 Å². The van der Waals surface area contributed by atoms with Crippen molar-refractivity contribution in [1.82, 2.24) is 0 Å². The summed E-state index contributed by atoms with van der Waals surface area (Å²) in [5, 5.41) is 19.8. The number of nitrogens with zero attached hydrogens (tertiary/aromatic N) is 1. The van der Waals surface area contributed by atoms with E-state index in [1.165, 1.54) is 12.1 Å². The predicted octanol–water partition coefficient (Wildman–Crippen LogP) is 2.24. The average molecular weight is 293 g/mol. The van der Waals surface area contributed by atoms with Gasteiger partial charge in [-0.3, -0.25) is 10.1 Å². The number of carbonyl (C=O) groups is 2. The first-order valence-electron chi connectivity index (χ1n) is 6.15. The number of carbonyl (C=O) groups excluding carboxylic acids is 1. The van der Waals surface area contributed by atoms with Gasteiger partial charge in [0, 0.05) is 18.2 Å². The second-order valence-electron chi connectivity index (χ2n) is 4.31. The van der Waals surface area contributed by atoms with Crippen LogP contribution in [0.2, 0.25) is 0 Å². The first-order valence-corrected chi connectivity index (χ1v) is 6.15. The molecule has 0 bridgehead atoms.